The first-order valence-electron chi connectivity index (χ1n) is 3.65. The largest absolute Gasteiger partial charge is 0.385 e. The van der Waals surface area contributed by atoms with Gasteiger partial charge in [-0.2, -0.15) is 0 Å². The van der Waals surface area contributed by atoms with Crippen molar-refractivity contribution < 1.29 is 4.74 Å². The Labute approximate surface area is 69.6 Å². The van der Waals surface area contributed by atoms with E-state index in [0.29, 0.717) is 24.6 Å². The Kier molecular flexibility index (Phi) is 2.82. The maximum atomic E-state index is 10.6. The molecule has 0 amide bonds. The van der Waals surface area contributed by atoms with Crippen LogP contribution in [-0.4, -0.2) is 16.6 Å². The van der Waals surface area contributed by atoms with Gasteiger partial charge in [-0.25, -0.2) is 9.78 Å². The summed E-state index contributed by atoms with van der Waals surface area (Å²) >= 11 is 0. The summed E-state index contributed by atoms with van der Waals surface area (Å²) in [7, 11) is 0. The van der Waals surface area contributed by atoms with Gasteiger partial charge >= 0.3 is 5.69 Å². The Balaban J connectivity index is 2.79. The van der Waals surface area contributed by atoms with E-state index in [1.165, 1.54) is 6.20 Å². The van der Waals surface area contributed by atoms with E-state index in [2.05, 4.69) is 9.97 Å². The van der Waals surface area contributed by atoms with E-state index in [1.54, 1.807) is 0 Å². The third-order valence-electron chi connectivity index (χ3n) is 1.39. The summed E-state index contributed by atoms with van der Waals surface area (Å²) in [5, 5.41) is 0. The van der Waals surface area contributed by atoms with Crippen molar-refractivity contribution in [1.82, 2.24) is 9.97 Å². The quantitative estimate of drug-likeness (QED) is 0.661. The minimum atomic E-state index is -0.437. The molecule has 5 nitrogen and oxygen atoms in total. The molecule has 0 atom stereocenters. The lowest BCUT2D eigenvalue weighted by Crippen LogP contribution is -2.14. The van der Waals surface area contributed by atoms with Gasteiger partial charge in [-0.05, 0) is 6.92 Å². The van der Waals surface area contributed by atoms with E-state index < -0.39 is 5.69 Å². The second kappa shape index (κ2) is 3.87. The van der Waals surface area contributed by atoms with E-state index in [-0.39, 0.29) is 0 Å². The summed E-state index contributed by atoms with van der Waals surface area (Å²) in [6.45, 7) is 2.87. The molecular formula is C7H11N3O2. The third kappa shape index (κ3) is 2.06. The van der Waals surface area contributed by atoms with Gasteiger partial charge in [0.15, 0.2) is 0 Å². The fourth-order valence-electron chi connectivity index (χ4n) is 0.761. The van der Waals surface area contributed by atoms with Gasteiger partial charge in [-0.3, -0.25) is 4.98 Å². The lowest BCUT2D eigenvalue weighted by molar-refractivity contribution is 0.134. The van der Waals surface area contributed by atoms with Crippen LogP contribution in [0.25, 0.3) is 0 Å². The molecule has 0 radical (unpaired) electrons. The summed E-state index contributed by atoms with van der Waals surface area (Å²) in [5.41, 5.74) is 5.75. The first-order chi connectivity index (χ1) is 5.74. The highest BCUT2D eigenvalue weighted by atomic mass is 16.5. The van der Waals surface area contributed by atoms with Crippen molar-refractivity contribution in [3.8, 4) is 0 Å². The average molecular weight is 169 g/mol. The molecule has 0 aliphatic rings. The predicted molar refractivity (Wildman–Crippen MR) is 44.6 cm³/mol. The lowest BCUT2D eigenvalue weighted by atomic mass is 10.3. The Bertz CT molecular complexity index is 308. The fourth-order valence-corrected chi connectivity index (χ4v) is 0.761. The van der Waals surface area contributed by atoms with Gasteiger partial charge in [0.2, 0.25) is 0 Å². The van der Waals surface area contributed by atoms with Gasteiger partial charge in [-0.15, -0.1) is 0 Å². The number of nitrogens with zero attached hydrogens (tertiary/aromatic N) is 1. The molecule has 0 aromatic carbocycles. The summed E-state index contributed by atoms with van der Waals surface area (Å²) in [6.07, 6.45) is 1.42. The van der Waals surface area contributed by atoms with Gasteiger partial charge in [-0.1, -0.05) is 0 Å². The highest BCUT2D eigenvalue weighted by Crippen LogP contribution is 2.04. The monoisotopic (exact) mass is 169 g/mol. The molecule has 0 saturated carbocycles. The molecule has 0 aliphatic carbocycles. The molecule has 1 aromatic rings. The van der Waals surface area contributed by atoms with Crippen LogP contribution in [0.1, 0.15) is 12.5 Å². The number of aromatic amines is 1. The Morgan fingerprint density at radius 2 is 2.50 bits per heavy atom. The smallest absolute Gasteiger partial charge is 0.346 e. The van der Waals surface area contributed by atoms with Crippen molar-refractivity contribution in [3.63, 3.8) is 0 Å². The van der Waals surface area contributed by atoms with Crippen LogP contribution in [0, 0.1) is 0 Å². The number of nitrogen functional groups attached to an aromatic ring is 1. The van der Waals surface area contributed by atoms with Gasteiger partial charge in [0.25, 0.3) is 0 Å². The highest BCUT2D eigenvalue weighted by molar-refractivity contribution is 5.35. The van der Waals surface area contributed by atoms with Crippen molar-refractivity contribution in [3.05, 3.63) is 22.2 Å². The number of H-pyrrole nitrogens is 1. The van der Waals surface area contributed by atoms with Crippen LogP contribution in [-0.2, 0) is 11.3 Å². The van der Waals surface area contributed by atoms with Crippen molar-refractivity contribution in [2.75, 3.05) is 12.3 Å². The van der Waals surface area contributed by atoms with Crippen LogP contribution >= 0.6 is 0 Å². The molecular weight excluding hydrogens is 158 g/mol. The summed E-state index contributed by atoms with van der Waals surface area (Å²) in [5.74, 6) is 0.323. The molecule has 12 heavy (non-hydrogen) atoms. The molecule has 1 aromatic heterocycles. The topological polar surface area (TPSA) is 81.0 Å². The molecule has 66 valence electrons. The number of hydrogen-bond donors (Lipinski definition) is 2. The minimum absolute atomic E-state index is 0.323. The van der Waals surface area contributed by atoms with Gasteiger partial charge in [0, 0.05) is 18.4 Å². The molecule has 3 N–H and O–H groups in total. The zero-order chi connectivity index (χ0) is 8.97. The van der Waals surface area contributed by atoms with Gasteiger partial charge in [0.05, 0.1) is 6.61 Å². The fraction of sp³-hybridized carbons (Fsp3) is 0.429. The summed E-state index contributed by atoms with van der Waals surface area (Å²) in [6, 6.07) is 0. The molecule has 0 spiro atoms. The standard InChI is InChI=1S/C7H11N3O2/c1-2-12-4-5-3-9-7(11)10-6(5)8/h3H,2,4H2,1H3,(H3,8,9,10,11). The molecule has 0 unspecified atom stereocenters. The van der Waals surface area contributed by atoms with Gasteiger partial charge in [0.1, 0.15) is 5.82 Å². The normalized spacial score (nSPS) is 10.1. The van der Waals surface area contributed by atoms with E-state index in [0.717, 1.165) is 0 Å². The van der Waals surface area contributed by atoms with Crippen molar-refractivity contribution >= 4 is 5.82 Å². The first kappa shape index (κ1) is 8.73. The zero-order valence-electron chi connectivity index (χ0n) is 6.83. The number of hydrogen-bond acceptors (Lipinski definition) is 4. The highest BCUT2D eigenvalue weighted by Gasteiger charge is 1.99. The van der Waals surface area contributed by atoms with Crippen molar-refractivity contribution in [1.29, 1.82) is 0 Å². The maximum absolute atomic E-state index is 10.6. The third-order valence-corrected chi connectivity index (χ3v) is 1.39. The van der Waals surface area contributed by atoms with Crippen LogP contribution in [0.4, 0.5) is 5.82 Å². The maximum Gasteiger partial charge on any atom is 0.346 e. The molecule has 5 heteroatoms. The van der Waals surface area contributed by atoms with Gasteiger partial charge < -0.3 is 10.5 Å². The zero-order valence-corrected chi connectivity index (χ0v) is 6.83. The molecule has 1 rings (SSSR count). The molecule has 0 saturated heterocycles. The number of nitrogens with one attached hydrogen (secondary N) is 1. The van der Waals surface area contributed by atoms with Crippen LogP contribution in [0.2, 0.25) is 0 Å². The number of ether oxygens (including phenoxy) is 1. The first-order valence-corrected chi connectivity index (χ1v) is 3.65. The molecule has 0 bridgehead atoms. The SMILES string of the molecule is CCOCc1cnc(=O)[nH]c1N. The summed E-state index contributed by atoms with van der Waals surface area (Å²) < 4.78 is 5.10. The molecule has 0 fully saturated rings. The Hall–Kier alpha value is -1.36. The van der Waals surface area contributed by atoms with Crippen LogP contribution in [0.3, 0.4) is 0 Å². The van der Waals surface area contributed by atoms with E-state index in [4.69, 9.17) is 10.5 Å². The number of aromatic nitrogens is 2. The average Bonchev–Trinajstić information content (AvgIpc) is 2.03. The Morgan fingerprint density at radius 1 is 1.75 bits per heavy atom. The number of rotatable bonds is 3. The Morgan fingerprint density at radius 3 is 3.08 bits per heavy atom. The number of anilines is 1. The van der Waals surface area contributed by atoms with E-state index in [9.17, 15) is 4.79 Å². The van der Waals surface area contributed by atoms with Crippen LogP contribution in [0.15, 0.2) is 11.0 Å². The summed E-state index contributed by atoms with van der Waals surface area (Å²) in [4.78, 5) is 16.5. The predicted octanol–water partition coefficient (Wildman–Crippen LogP) is -0.111. The second-order valence-electron chi connectivity index (χ2n) is 2.26. The van der Waals surface area contributed by atoms with Crippen LogP contribution < -0.4 is 11.4 Å². The van der Waals surface area contributed by atoms with Crippen LogP contribution in [0.5, 0.6) is 0 Å². The van der Waals surface area contributed by atoms with E-state index in [1.807, 2.05) is 6.92 Å². The molecule has 0 aliphatic heterocycles. The van der Waals surface area contributed by atoms with Crippen molar-refractivity contribution in [2.24, 2.45) is 0 Å². The van der Waals surface area contributed by atoms with Crippen molar-refractivity contribution in [2.45, 2.75) is 13.5 Å². The number of nitrogens with two attached hydrogens (primary N) is 1. The lowest BCUT2D eigenvalue weighted by Gasteiger charge is -2.02. The minimum Gasteiger partial charge on any atom is -0.385 e. The molecule has 1 heterocycles. The van der Waals surface area contributed by atoms with E-state index >= 15 is 0 Å². The second-order valence-corrected chi connectivity index (χ2v) is 2.26.